The summed E-state index contributed by atoms with van der Waals surface area (Å²) in [5.41, 5.74) is 0.724. The topological polar surface area (TPSA) is 84.9 Å². The summed E-state index contributed by atoms with van der Waals surface area (Å²) in [5.74, 6) is 2.06. The molecule has 0 bridgehead atoms. The monoisotopic (exact) mass is 496 g/mol. The fourth-order valence-corrected chi connectivity index (χ4v) is 3.44. The minimum absolute atomic E-state index is 0.111. The first-order chi connectivity index (χ1) is 15.4. The highest BCUT2D eigenvalue weighted by Gasteiger charge is 2.36. The standard InChI is InChI=1S/C24H21BrN2O5/c1-3-5-13-31-18-9-7-17(8-10-18)27-23(29)19(22(28)26-24(27)30)14-16-6-11-21(20(25)15-16)32-12-4-2/h2,6-11,14-15H,3,5,12-13H2,1H3,(H,26,28,30)/b19-14-. The van der Waals surface area contributed by atoms with Crippen LogP contribution in [-0.4, -0.2) is 31.1 Å². The third-order valence-corrected chi connectivity index (χ3v) is 5.16. The second kappa shape index (κ2) is 10.6. The Labute approximate surface area is 194 Å². The van der Waals surface area contributed by atoms with Crippen LogP contribution in [-0.2, 0) is 9.59 Å². The number of barbiturate groups is 1. The van der Waals surface area contributed by atoms with Crippen LogP contribution >= 0.6 is 15.9 Å². The first-order valence-corrected chi connectivity index (χ1v) is 10.7. The van der Waals surface area contributed by atoms with Gasteiger partial charge in [0.1, 0.15) is 23.7 Å². The maximum absolute atomic E-state index is 13.0. The summed E-state index contributed by atoms with van der Waals surface area (Å²) in [7, 11) is 0. The predicted octanol–water partition coefficient (Wildman–Crippen LogP) is 4.31. The maximum Gasteiger partial charge on any atom is 0.335 e. The Hall–Kier alpha value is -3.57. The van der Waals surface area contributed by atoms with E-state index in [9.17, 15) is 14.4 Å². The first kappa shape index (κ1) is 23.1. The Balaban J connectivity index is 1.84. The van der Waals surface area contributed by atoms with Crippen molar-refractivity contribution in [1.29, 1.82) is 0 Å². The van der Waals surface area contributed by atoms with E-state index in [0.717, 1.165) is 17.7 Å². The number of hydrogen-bond donors (Lipinski definition) is 1. The zero-order chi connectivity index (χ0) is 23.1. The average molecular weight is 497 g/mol. The van der Waals surface area contributed by atoms with Crippen molar-refractivity contribution in [3.63, 3.8) is 0 Å². The van der Waals surface area contributed by atoms with Crippen LogP contribution < -0.4 is 19.7 Å². The lowest BCUT2D eigenvalue weighted by Gasteiger charge is -2.26. The number of nitrogens with one attached hydrogen (secondary N) is 1. The largest absolute Gasteiger partial charge is 0.494 e. The summed E-state index contributed by atoms with van der Waals surface area (Å²) < 4.78 is 11.6. The van der Waals surface area contributed by atoms with Gasteiger partial charge in [-0.15, -0.1) is 6.42 Å². The summed E-state index contributed by atoms with van der Waals surface area (Å²) in [6.45, 7) is 2.77. The fourth-order valence-electron chi connectivity index (χ4n) is 2.93. The van der Waals surface area contributed by atoms with E-state index in [0.29, 0.717) is 33.8 Å². The van der Waals surface area contributed by atoms with Gasteiger partial charge in [0.05, 0.1) is 16.8 Å². The molecule has 1 aliphatic rings. The van der Waals surface area contributed by atoms with Crippen LogP contribution in [0.15, 0.2) is 52.5 Å². The molecule has 8 heteroatoms. The van der Waals surface area contributed by atoms with Crippen LogP contribution in [0.25, 0.3) is 6.08 Å². The highest BCUT2D eigenvalue weighted by Crippen LogP contribution is 2.28. The van der Waals surface area contributed by atoms with Crippen molar-refractivity contribution in [3.05, 3.63) is 58.1 Å². The number of halogens is 1. The highest BCUT2D eigenvalue weighted by molar-refractivity contribution is 9.10. The van der Waals surface area contributed by atoms with Crippen LogP contribution in [0.5, 0.6) is 11.5 Å². The van der Waals surface area contributed by atoms with Crippen LogP contribution in [0.1, 0.15) is 25.3 Å². The molecule has 0 unspecified atom stereocenters. The molecule has 7 nitrogen and oxygen atoms in total. The summed E-state index contributed by atoms with van der Waals surface area (Å²) in [4.78, 5) is 38.7. The number of ether oxygens (including phenoxy) is 2. The smallest absolute Gasteiger partial charge is 0.335 e. The Bertz CT molecular complexity index is 1100. The second-order valence-corrected chi connectivity index (χ2v) is 7.69. The Kier molecular flexibility index (Phi) is 7.68. The van der Waals surface area contributed by atoms with E-state index in [4.69, 9.17) is 15.9 Å². The van der Waals surface area contributed by atoms with Crippen molar-refractivity contribution in [2.45, 2.75) is 19.8 Å². The molecule has 0 atom stereocenters. The average Bonchev–Trinajstić information content (AvgIpc) is 2.77. The van der Waals surface area contributed by atoms with Crippen LogP contribution in [0, 0.1) is 12.3 Å². The van der Waals surface area contributed by atoms with Crippen LogP contribution in [0.2, 0.25) is 0 Å². The zero-order valence-corrected chi connectivity index (χ0v) is 19.0. The normalized spacial score (nSPS) is 14.8. The lowest BCUT2D eigenvalue weighted by atomic mass is 10.1. The quantitative estimate of drug-likeness (QED) is 0.254. The van der Waals surface area contributed by atoms with Crippen molar-refractivity contribution >= 4 is 45.5 Å². The van der Waals surface area contributed by atoms with Gasteiger partial charge in [0.25, 0.3) is 11.8 Å². The number of imide groups is 2. The van der Waals surface area contributed by atoms with E-state index in [1.807, 2.05) is 0 Å². The number of unbranched alkanes of at least 4 members (excludes halogenated alkanes) is 1. The van der Waals surface area contributed by atoms with Crippen molar-refractivity contribution in [3.8, 4) is 23.8 Å². The Morgan fingerprint density at radius 2 is 1.88 bits per heavy atom. The highest BCUT2D eigenvalue weighted by atomic mass is 79.9. The summed E-state index contributed by atoms with van der Waals surface area (Å²) in [6, 6.07) is 10.8. The van der Waals surface area contributed by atoms with Gasteiger partial charge < -0.3 is 9.47 Å². The lowest BCUT2D eigenvalue weighted by Crippen LogP contribution is -2.54. The van der Waals surface area contributed by atoms with Crippen molar-refractivity contribution in [2.75, 3.05) is 18.1 Å². The van der Waals surface area contributed by atoms with Crippen molar-refractivity contribution < 1.29 is 23.9 Å². The Morgan fingerprint density at radius 1 is 1.12 bits per heavy atom. The molecule has 1 aliphatic heterocycles. The molecule has 4 amide bonds. The number of carbonyl (C=O) groups is 3. The van der Waals surface area contributed by atoms with E-state index in [1.54, 1.807) is 42.5 Å². The molecule has 1 N–H and O–H groups in total. The number of benzene rings is 2. The molecule has 1 heterocycles. The number of hydrogen-bond acceptors (Lipinski definition) is 5. The third kappa shape index (κ3) is 5.37. The second-order valence-electron chi connectivity index (χ2n) is 6.84. The summed E-state index contributed by atoms with van der Waals surface area (Å²) in [6.07, 6.45) is 8.55. The molecule has 1 saturated heterocycles. The van der Waals surface area contributed by atoms with E-state index >= 15 is 0 Å². The van der Waals surface area contributed by atoms with Crippen LogP contribution in [0.4, 0.5) is 10.5 Å². The SMILES string of the molecule is C#CCOc1ccc(/C=C2/C(=O)NC(=O)N(c3ccc(OCCCC)cc3)C2=O)cc1Br. The lowest BCUT2D eigenvalue weighted by molar-refractivity contribution is -0.122. The first-order valence-electron chi connectivity index (χ1n) is 9.94. The van der Waals surface area contributed by atoms with Gasteiger partial charge in [-0.1, -0.05) is 25.3 Å². The number of rotatable bonds is 8. The number of urea groups is 1. The van der Waals surface area contributed by atoms with Crippen molar-refractivity contribution in [2.24, 2.45) is 0 Å². The molecule has 0 spiro atoms. The van der Waals surface area contributed by atoms with Gasteiger partial charge in [0.15, 0.2) is 0 Å². The number of carbonyl (C=O) groups excluding carboxylic acids is 3. The molecule has 3 rings (SSSR count). The van der Waals surface area contributed by atoms with E-state index in [1.165, 1.54) is 6.08 Å². The minimum atomic E-state index is -0.809. The number of amides is 4. The van der Waals surface area contributed by atoms with Gasteiger partial charge in [0.2, 0.25) is 0 Å². The van der Waals surface area contributed by atoms with Gasteiger partial charge in [-0.2, -0.15) is 0 Å². The molecule has 0 radical (unpaired) electrons. The van der Waals surface area contributed by atoms with Crippen molar-refractivity contribution in [1.82, 2.24) is 5.32 Å². The number of terminal acetylenes is 1. The van der Waals surface area contributed by atoms with E-state index < -0.39 is 17.8 Å². The molecule has 0 saturated carbocycles. The third-order valence-electron chi connectivity index (χ3n) is 4.54. The van der Waals surface area contributed by atoms with Gasteiger partial charge in [-0.05, 0) is 70.4 Å². The molecule has 0 aromatic heterocycles. The molecular formula is C24H21BrN2O5. The van der Waals surface area contributed by atoms with Crippen LogP contribution in [0.3, 0.4) is 0 Å². The summed E-state index contributed by atoms with van der Waals surface area (Å²) in [5, 5.41) is 2.21. The minimum Gasteiger partial charge on any atom is -0.494 e. The summed E-state index contributed by atoms with van der Waals surface area (Å²) >= 11 is 3.37. The maximum atomic E-state index is 13.0. The van der Waals surface area contributed by atoms with Gasteiger partial charge in [-0.3, -0.25) is 14.9 Å². The van der Waals surface area contributed by atoms with E-state index in [2.05, 4.69) is 34.1 Å². The van der Waals surface area contributed by atoms with Gasteiger partial charge >= 0.3 is 6.03 Å². The molecule has 2 aromatic carbocycles. The van der Waals surface area contributed by atoms with E-state index in [-0.39, 0.29) is 12.2 Å². The fraction of sp³-hybridized carbons (Fsp3) is 0.208. The van der Waals surface area contributed by atoms with Gasteiger partial charge in [0, 0.05) is 0 Å². The molecule has 164 valence electrons. The Morgan fingerprint density at radius 3 is 2.53 bits per heavy atom. The predicted molar refractivity (Wildman–Crippen MR) is 124 cm³/mol. The van der Waals surface area contributed by atoms with Gasteiger partial charge in [-0.25, -0.2) is 9.69 Å². The molecular weight excluding hydrogens is 476 g/mol. The molecule has 32 heavy (non-hydrogen) atoms. The number of nitrogens with zero attached hydrogens (tertiary/aromatic N) is 1. The molecule has 0 aliphatic carbocycles. The number of anilines is 1. The zero-order valence-electron chi connectivity index (χ0n) is 17.4. The molecule has 2 aromatic rings. The molecule has 1 fully saturated rings.